The van der Waals surface area contributed by atoms with Crippen LogP contribution >= 0.6 is 11.6 Å². The van der Waals surface area contributed by atoms with E-state index in [9.17, 15) is 24.4 Å². The molecule has 0 aliphatic carbocycles. The van der Waals surface area contributed by atoms with Crippen LogP contribution in [0, 0.1) is 4.91 Å². The van der Waals surface area contributed by atoms with Gasteiger partial charge in [-0.2, -0.15) is 4.91 Å². The lowest BCUT2D eigenvalue weighted by molar-refractivity contribution is -0.152. The van der Waals surface area contributed by atoms with E-state index in [1.807, 2.05) is 12.1 Å². The monoisotopic (exact) mass is 522 g/mol. The fraction of sp³-hybridized carbons (Fsp3) is 0.250. The number of hydrogen-bond acceptors (Lipinski definition) is 5. The molecule has 0 radical (unpaired) electrons. The third-order valence-electron chi connectivity index (χ3n) is 6.58. The van der Waals surface area contributed by atoms with E-state index >= 15 is 4.39 Å². The highest BCUT2D eigenvalue weighted by Crippen LogP contribution is 2.35. The molecule has 37 heavy (non-hydrogen) atoms. The van der Waals surface area contributed by atoms with Crippen LogP contribution in [0.5, 0.6) is 0 Å². The number of carboxylic acid groups (broad SMARTS) is 1. The van der Waals surface area contributed by atoms with Crippen molar-refractivity contribution >= 4 is 29.4 Å². The predicted molar refractivity (Wildman–Crippen MR) is 137 cm³/mol. The van der Waals surface area contributed by atoms with Gasteiger partial charge in [0, 0.05) is 18.0 Å². The molecule has 7 nitrogen and oxygen atoms in total. The van der Waals surface area contributed by atoms with Gasteiger partial charge in [0.1, 0.15) is 6.04 Å². The maximum Gasteiger partial charge on any atom is 0.341 e. The number of nitrogens with zero attached hydrogens (tertiary/aromatic N) is 2. The highest BCUT2D eigenvalue weighted by molar-refractivity contribution is 6.30. The van der Waals surface area contributed by atoms with Crippen LogP contribution < -0.4 is 0 Å². The quantitative estimate of drug-likeness (QED) is 0.177. The Labute approximate surface area is 217 Å². The molecule has 0 saturated carbocycles. The molecular weight excluding hydrogens is 499 g/mol. The molecule has 2 unspecified atom stereocenters. The van der Waals surface area contributed by atoms with Gasteiger partial charge in [-0.3, -0.25) is 14.5 Å². The molecule has 190 valence electrons. The molecule has 1 N–H and O–H groups in total. The third kappa shape index (κ3) is 5.59. The van der Waals surface area contributed by atoms with Gasteiger partial charge < -0.3 is 5.11 Å². The first-order valence-electron chi connectivity index (χ1n) is 11.8. The smallest absolute Gasteiger partial charge is 0.341 e. The summed E-state index contributed by atoms with van der Waals surface area (Å²) in [5, 5.41) is 13.2. The molecule has 4 rings (SSSR count). The number of hydrogen-bond donors (Lipinski definition) is 1. The van der Waals surface area contributed by atoms with Crippen molar-refractivity contribution in [1.29, 1.82) is 0 Å². The zero-order valence-corrected chi connectivity index (χ0v) is 20.5. The van der Waals surface area contributed by atoms with Crippen molar-refractivity contribution in [3.63, 3.8) is 0 Å². The van der Waals surface area contributed by atoms with E-state index in [4.69, 9.17) is 11.6 Å². The summed E-state index contributed by atoms with van der Waals surface area (Å²) in [6, 6.07) is 19.2. The topological polar surface area (TPSA) is 104 Å². The summed E-state index contributed by atoms with van der Waals surface area (Å²) in [6.07, 6.45) is -0.698. The second-order valence-corrected chi connectivity index (χ2v) is 9.43. The van der Waals surface area contributed by atoms with Gasteiger partial charge in [-0.05, 0) is 60.2 Å². The van der Waals surface area contributed by atoms with Gasteiger partial charge in [0.25, 0.3) is 11.8 Å². The number of amides is 2. The minimum atomic E-state index is -2.70. The lowest BCUT2D eigenvalue weighted by Gasteiger charge is -2.23. The summed E-state index contributed by atoms with van der Waals surface area (Å²) in [4.78, 5) is 49.4. The number of imide groups is 1. The number of unbranched alkanes of at least 4 members (excludes halogenated alkanes) is 1. The second-order valence-electron chi connectivity index (χ2n) is 8.99. The van der Waals surface area contributed by atoms with Crippen molar-refractivity contribution in [3.05, 3.63) is 99.4 Å². The summed E-state index contributed by atoms with van der Waals surface area (Å²) in [5.41, 5.74) is 0.0924. The summed E-state index contributed by atoms with van der Waals surface area (Å²) in [7, 11) is 0. The van der Waals surface area contributed by atoms with E-state index in [0.717, 1.165) is 16.0 Å². The molecule has 0 fully saturated rings. The fourth-order valence-electron chi connectivity index (χ4n) is 4.48. The number of aliphatic carboxylic acids is 1. The molecule has 3 aromatic carbocycles. The molecule has 0 saturated heterocycles. The number of nitroso groups, excluding NO2 is 1. The van der Waals surface area contributed by atoms with E-state index in [2.05, 4.69) is 5.18 Å². The summed E-state index contributed by atoms with van der Waals surface area (Å²) < 4.78 is 15.5. The van der Waals surface area contributed by atoms with Crippen LogP contribution in [0.4, 0.5) is 4.39 Å². The highest BCUT2D eigenvalue weighted by Gasteiger charge is 2.42. The Morgan fingerprint density at radius 3 is 1.97 bits per heavy atom. The Morgan fingerprint density at radius 1 is 0.919 bits per heavy atom. The molecule has 3 aromatic rings. The van der Waals surface area contributed by atoms with Gasteiger partial charge in [0.15, 0.2) is 0 Å². The lowest BCUT2D eigenvalue weighted by Crippen LogP contribution is -2.36. The van der Waals surface area contributed by atoms with Crippen molar-refractivity contribution in [2.45, 2.75) is 37.4 Å². The molecular formula is C28H24ClFN2O5. The predicted octanol–water partition coefficient (Wildman–Crippen LogP) is 6.46. The molecule has 0 spiro atoms. The first-order valence-corrected chi connectivity index (χ1v) is 12.2. The van der Waals surface area contributed by atoms with Gasteiger partial charge in [0.05, 0.1) is 11.1 Å². The summed E-state index contributed by atoms with van der Waals surface area (Å²) >= 11 is 5.92. The second kappa shape index (κ2) is 11.0. The highest BCUT2D eigenvalue weighted by atomic mass is 35.5. The summed E-state index contributed by atoms with van der Waals surface area (Å²) in [5.74, 6) is -2.52. The van der Waals surface area contributed by atoms with Crippen molar-refractivity contribution in [3.8, 4) is 11.1 Å². The third-order valence-corrected chi connectivity index (χ3v) is 6.84. The number of carbonyl (C=O) groups is 3. The van der Waals surface area contributed by atoms with Gasteiger partial charge in [-0.25, -0.2) is 9.18 Å². The SMILES string of the molecule is O=NC(CC(F)(CCCCN1C(=O)c2ccccc2C1=O)C(=O)O)c1ccc(-c2ccc(Cl)cc2)cc1. The van der Waals surface area contributed by atoms with Crippen LogP contribution in [0.3, 0.4) is 0 Å². The molecule has 1 heterocycles. The van der Waals surface area contributed by atoms with Crippen molar-refractivity contribution in [1.82, 2.24) is 4.90 Å². The Bertz CT molecular complexity index is 1290. The van der Waals surface area contributed by atoms with Gasteiger partial charge in [0.2, 0.25) is 5.67 Å². The van der Waals surface area contributed by atoms with Crippen LogP contribution in [0.1, 0.15) is 58.0 Å². The van der Waals surface area contributed by atoms with Crippen molar-refractivity contribution in [2.24, 2.45) is 5.18 Å². The number of fused-ring (bicyclic) bond motifs is 1. The average Bonchev–Trinajstić information content (AvgIpc) is 3.15. The lowest BCUT2D eigenvalue weighted by atomic mass is 9.88. The number of benzene rings is 3. The minimum absolute atomic E-state index is 0.0452. The number of alkyl halides is 1. The molecule has 1 aliphatic rings. The minimum Gasteiger partial charge on any atom is -0.479 e. The zero-order chi connectivity index (χ0) is 26.6. The molecule has 0 bridgehead atoms. The van der Waals surface area contributed by atoms with Gasteiger partial charge in [-0.1, -0.05) is 65.3 Å². The molecule has 2 atom stereocenters. The largest absolute Gasteiger partial charge is 0.479 e. The van der Waals surface area contributed by atoms with E-state index in [-0.39, 0.29) is 25.8 Å². The maximum atomic E-state index is 15.5. The molecule has 2 amide bonds. The zero-order valence-electron chi connectivity index (χ0n) is 19.8. The Hall–Kier alpha value is -3.91. The van der Waals surface area contributed by atoms with Gasteiger partial charge in [-0.15, -0.1) is 0 Å². The first kappa shape index (κ1) is 26.2. The maximum absolute atomic E-state index is 15.5. The first-order chi connectivity index (χ1) is 17.7. The van der Waals surface area contributed by atoms with Crippen molar-refractivity contribution in [2.75, 3.05) is 6.54 Å². The van der Waals surface area contributed by atoms with E-state index in [1.54, 1.807) is 60.7 Å². The normalized spacial score (nSPS) is 15.2. The van der Waals surface area contributed by atoms with Crippen molar-refractivity contribution < 1.29 is 23.9 Å². The fourth-order valence-corrected chi connectivity index (χ4v) is 4.60. The molecule has 9 heteroatoms. The standard InChI is InChI=1S/C28H24ClFN2O5/c29-21-13-11-19(12-14-21)18-7-9-20(10-8-18)24(31-37)17-28(30,27(35)36)15-3-4-16-32-25(33)22-5-1-2-6-23(22)26(32)34/h1-2,5-14,24H,3-4,15-17H2,(H,35,36). The number of carbonyl (C=O) groups excluding carboxylic acids is 2. The van der Waals surface area contributed by atoms with E-state index in [1.165, 1.54) is 0 Å². The number of rotatable bonds is 11. The van der Waals surface area contributed by atoms with Gasteiger partial charge >= 0.3 is 5.97 Å². The Balaban J connectivity index is 1.37. The molecule has 1 aliphatic heterocycles. The van der Waals surface area contributed by atoms with Crippen LogP contribution in [0.15, 0.2) is 78.0 Å². The Kier molecular flexibility index (Phi) is 7.78. The summed E-state index contributed by atoms with van der Waals surface area (Å²) in [6.45, 7) is 0.0452. The van der Waals surface area contributed by atoms with Crippen LogP contribution in [-0.2, 0) is 4.79 Å². The molecule has 0 aromatic heterocycles. The van der Waals surface area contributed by atoms with Crippen LogP contribution in [-0.4, -0.2) is 40.0 Å². The van der Waals surface area contributed by atoms with Crippen LogP contribution in [0.25, 0.3) is 11.1 Å². The van der Waals surface area contributed by atoms with E-state index in [0.29, 0.717) is 21.7 Å². The number of halogens is 2. The Morgan fingerprint density at radius 2 is 1.46 bits per heavy atom. The number of carboxylic acids is 1. The van der Waals surface area contributed by atoms with Crippen LogP contribution in [0.2, 0.25) is 5.02 Å². The van der Waals surface area contributed by atoms with E-state index < -0.39 is 35.9 Å². The average molecular weight is 523 g/mol.